The number of carbonyl (C=O) groups is 1. The lowest BCUT2D eigenvalue weighted by Crippen LogP contribution is -2.15. The largest absolute Gasteiger partial charge is 0.360 e. The van der Waals surface area contributed by atoms with Crippen molar-refractivity contribution in [1.29, 1.82) is 0 Å². The lowest BCUT2D eigenvalue weighted by atomic mass is 10.2. The van der Waals surface area contributed by atoms with Gasteiger partial charge in [-0.05, 0) is 31.5 Å². The predicted molar refractivity (Wildman–Crippen MR) is 77.2 cm³/mol. The molecule has 4 nitrogen and oxygen atoms in total. The van der Waals surface area contributed by atoms with Crippen LogP contribution in [0.1, 0.15) is 17.0 Å². The number of anilines is 1. The average molecular weight is 294 g/mol. The molecule has 1 aromatic carbocycles. The van der Waals surface area contributed by atoms with Crippen LogP contribution in [0.2, 0.25) is 0 Å². The molecule has 0 aliphatic carbocycles. The quantitative estimate of drug-likeness (QED) is 0.919. The van der Waals surface area contributed by atoms with Gasteiger partial charge in [-0.2, -0.15) is 0 Å². The van der Waals surface area contributed by atoms with Crippen LogP contribution in [-0.4, -0.2) is 16.8 Å². The molecule has 0 saturated heterocycles. The van der Waals surface area contributed by atoms with Gasteiger partial charge in [0.05, 0.1) is 17.2 Å². The van der Waals surface area contributed by atoms with Gasteiger partial charge in [0.2, 0.25) is 5.91 Å². The van der Waals surface area contributed by atoms with Crippen molar-refractivity contribution in [3.05, 3.63) is 47.1 Å². The van der Waals surface area contributed by atoms with Crippen molar-refractivity contribution in [1.82, 2.24) is 5.16 Å². The van der Waals surface area contributed by atoms with Crippen molar-refractivity contribution >= 4 is 23.4 Å². The molecule has 1 heterocycles. The third-order valence-electron chi connectivity index (χ3n) is 2.63. The number of hydrogen-bond donors (Lipinski definition) is 1. The van der Waals surface area contributed by atoms with Crippen LogP contribution in [0, 0.1) is 19.7 Å². The number of nitrogens with zero attached hydrogens (tertiary/aromatic N) is 1. The maximum Gasteiger partial charge on any atom is 0.234 e. The van der Waals surface area contributed by atoms with Crippen molar-refractivity contribution in [3.8, 4) is 0 Å². The fourth-order valence-corrected chi connectivity index (χ4v) is 2.34. The number of aromatic nitrogens is 1. The number of hydrogen-bond acceptors (Lipinski definition) is 4. The first-order valence-corrected chi connectivity index (χ1v) is 7.26. The Morgan fingerprint density at radius 3 is 2.90 bits per heavy atom. The highest BCUT2D eigenvalue weighted by atomic mass is 32.2. The van der Waals surface area contributed by atoms with E-state index in [9.17, 15) is 9.18 Å². The van der Waals surface area contributed by atoms with E-state index in [2.05, 4.69) is 10.5 Å². The lowest BCUT2D eigenvalue weighted by molar-refractivity contribution is -0.113. The van der Waals surface area contributed by atoms with Gasteiger partial charge < -0.3 is 9.84 Å². The van der Waals surface area contributed by atoms with Crippen LogP contribution in [-0.2, 0) is 10.5 Å². The van der Waals surface area contributed by atoms with Crippen molar-refractivity contribution in [2.45, 2.75) is 19.6 Å². The maximum atomic E-state index is 13.1. The topological polar surface area (TPSA) is 55.1 Å². The number of benzene rings is 1. The molecule has 2 aromatic rings. The SMILES string of the molecule is Cc1cc(CSCC(=O)Nc2cc(F)ccc2C)on1. The summed E-state index contributed by atoms with van der Waals surface area (Å²) in [4.78, 5) is 11.8. The van der Waals surface area contributed by atoms with E-state index in [-0.39, 0.29) is 17.5 Å². The molecule has 0 fully saturated rings. The van der Waals surface area contributed by atoms with Gasteiger partial charge in [0.1, 0.15) is 11.6 Å². The van der Waals surface area contributed by atoms with E-state index in [0.29, 0.717) is 11.4 Å². The Labute approximate surface area is 120 Å². The summed E-state index contributed by atoms with van der Waals surface area (Å²) >= 11 is 1.42. The van der Waals surface area contributed by atoms with Gasteiger partial charge >= 0.3 is 0 Å². The number of nitrogens with one attached hydrogen (secondary N) is 1. The first-order valence-electron chi connectivity index (χ1n) is 6.10. The van der Waals surface area contributed by atoms with Crippen LogP contribution >= 0.6 is 11.8 Å². The van der Waals surface area contributed by atoms with Gasteiger partial charge in [0.15, 0.2) is 0 Å². The highest BCUT2D eigenvalue weighted by Gasteiger charge is 2.07. The Morgan fingerprint density at radius 1 is 1.40 bits per heavy atom. The zero-order chi connectivity index (χ0) is 14.5. The number of rotatable bonds is 5. The van der Waals surface area contributed by atoms with Gasteiger partial charge in [-0.25, -0.2) is 4.39 Å². The van der Waals surface area contributed by atoms with Gasteiger partial charge in [-0.15, -0.1) is 11.8 Å². The maximum absolute atomic E-state index is 13.1. The second-order valence-corrected chi connectivity index (χ2v) is 5.42. The van der Waals surface area contributed by atoms with Gasteiger partial charge in [-0.1, -0.05) is 11.2 Å². The summed E-state index contributed by atoms with van der Waals surface area (Å²) in [6.07, 6.45) is 0. The molecule has 0 radical (unpaired) electrons. The van der Waals surface area contributed by atoms with Crippen LogP contribution in [0.3, 0.4) is 0 Å². The molecule has 0 bridgehead atoms. The Hall–Kier alpha value is -1.82. The minimum Gasteiger partial charge on any atom is -0.360 e. The summed E-state index contributed by atoms with van der Waals surface area (Å²) in [5, 5.41) is 6.47. The summed E-state index contributed by atoms with van der Waals surface area (Å²) in [5.41, 5.74) is 2.15. The molecule has 106 valence electrons. The van der Waals surface area contributed by atoms with Crippen LogP contribution < -0.4 is 5.32 Å². The van der Waals surface area contributed by atoms with Gasteiger partial charge in [-0.3, -0.25) is 4.79 Å². The molecule has 0 unspecified atom stereocenters. The van der Waals surface area contributed by atoms with Crippen molar-refractivity contribution in [2.75, 3.05) is 11.1 Å². The monoisotopic (exact) mass is 294 g/mol. The Bertz CT molecular complexity index is 613. The predicted octanol–water partition coefficient (Wildman–Crippen LogP) is 3.30. The number of carbonyl (C=O) groups excluding carboxylic acids is 1. The first kappa shape index (κ1) is 14.6. The van der Waals surface area contributed by atoms with Gasteiger partial charge in [0.25, 0.3) is 0 Å². The van der Waals surface area contributed by atoms with Crippen LogP contribution in [0.25, 0.3) is 0 Å². The Morgan fingerprint density at radius 2 is 2.20 bits per heavy atom. The third-order valence-corrected chi connectivity index (χ3v) is 3.58. The summed E-state index contributed by atoms with van der Waals surface area (Å²) in [6.45, 7) is 3.66. The Balaban J connectivity index is 1.82. The molecule has 2 rings (SSSR count). The van der Waals surface area contributed by atoms with Crippen molar-refractivity contribution in [2.24, 2.45) is 0 Å². The molecular weight excluding hydrogens is 279 g/mol. The number of thioether (sulfide) groups is 1. The second-order valence-electron chi connectivity index (χ2n) is 4.43. The molecule has 20 heavy (non-hydrogen) atoms. The number of aryl methyl sites for hydroxylation is 2. The summed E-state index contributed by atoms with van der Waals surface area (Å²) in [6, 6.07) is 6.15. The van der Waals surface area contributed by atoms with E-state index in [1.807, 2.05) is 19.9 Å². The van der Waals surface area contributed by atoms with E-state index in [1.165, 1.54) is 23.9 Å². The standard InChI is InChI=1S/C14H15FN2O2S/c1-9-3-4-11(15)6-13(9)16-14(18)8-20-7-12-5-10(2)17-19-12/h3-6H,7-8H2,1-2H3,(H,16,18). The zero-order valence-electron chi connectivity index (χ0n) is 11.3. The van der Waals surface area contributed by atoms with Crippen molar-refractivity contribution in [3.63, 3.8) is 0 Å². The fraction of sp³-hybridized carbons (Fsp3) is 0.286. The van der Waals surface area contributed by atoms with E-state index >= 15 is 0 Å². The van der Waals surface area contributed by atoms with E-state index in [1.54, 1.807) is 6.07 Å². The first-order chi connectivity index (χ1) is 9.54. The highest BCUT2D eigenvalue weighted by Crippen LogP contribution is 2.17. The van der Waals surface area contributed by atoms with Gasteiger partial charge in [0, 0.05) is 11.8 Å². The van der Waals surface area contributed by atoms with E-state index < -0.39 is 0 Å². The van der Waals surface area contributed by atoms with Crippen molar-refractivity contribution < 1.29 is 13.7 Å². The summed E-state index contributed by atoms with van der Waals surface area (Å²) in [5.74, 6) is 1.06. The second kappa shape index (κ2) is 6.56. The highest BCUT2D eigenvalue weighted by molar-refractivity contribution is 7.99. The number of amides is 1. The smallest absolute Gasteiger partial charge is 0.234 e. The normalized spacial score (nSPS) is 10.6. The fourth-order valence-electron chi connectivity index (χ4n) is 1.64. The summed E-state index contributed by atoms with van der Waals surface area (Å²) in [7, 11) is 0. The molecule has 6 heteroatoms. The summed E-state index contributed by atoms with van der Waals surface area (Å²) < 4.78 is 18.1. The lowest BCUT2D eigenvalue weighted by Gasteiger charge is -2.07. The average Bonchev–Trinajstić information content (AvgIpc) is 2.80. The Kier molecular flexibility index (Phi) is 4.79. The molecule has 1 aromatic heterocycles. The third kappa shape index (κ3) is 4.09. The van der Waals surface area contributed by atoms with E-state index in [4.69, 9.17) is 4.52 Å². The molecule has 0 saturated carbocycles. The van der Waals surface area contributed by atoms with E-state index in [0.717, 1.165) is 17.0 Å². The van der Waals surface area contributed by atoms with Crippen LogP contribution in [0.15, 0.2) is 28.8 Å². The minimum absolute atomic E-state index is 0.167. The zero-order valence-corrected chi connectivity index (χ0v) is 12.1. The molecule has 1 N–H and O–H groups in total. The molecule has 0 aliphatic heterocycles. The molecule has 1 amide bonds. The molecule has 0 spiro atoms. The minimum atomic E-state index is -0.365. The molecule has 0 aliphatic rings. The van der Waals surface area contributed by atoms with Crippen LogP contribution in [0.5, 0.6) is 0 Å². The van der Waals surface area contributed by atoms with Crippen LogP contribution in [0.4, 0.5) is 10.1 Å². The molecular formula is C14H15FN2O2S. The molecule has 0 atom stereocenters. The number of halogens is 1.